The van der Waals surface area contributed by atoms with Crippen molar-refractivity contribution in [2.45, 2.75) is 31.3 Å². The predicted molar refractivity (Wildman–Crippen MR) is 71.8 cm³/mol. The second-order valence-corrected chi connectivity index (χ2v) is 4.90. The molecule has 1 aliphatic rings. The lowest BCUT2D eigenvalue weighted by molar-refractivity contribution is -0.124. The van der Waals surface area contributed by atoms with Gasteiger partial charge in [-0.3, -0.25) is 4.79 Å². The van der Waals surface area contributed by atoms with Gasteiger partial charge in [-0.05, 0) is 37.0 Å². The van der Waals surface area contributed by atoms with Crippen molar-refractivity contribution in [3.8, 4) is 5.75 Å². The monoisotopic (exact) mass is 264 g/mol. The maximum absolute atomic E-state index is 11.9. The normalized spacial score (nSPS) is 20.8. The van der Waals surface area contributed by atoms with Crippen LogP contribution in [-0.2, 0) is 16.0 Å². The van der Waals surface area contributed by atoms with Crippen LogP contribution in [0.25, 0.3) is 0 Å². The lowest BCUT2D eigenvalue weighted by Gasteiger charge is -2.24. The Labute approximate surface area is 112 Å². The third-order valence-corrected chi connectivity index (χ3v) is 3.24. The molecule has 0 saturated carbocycles. The number of rotatable bonds is 4. The van der Waals surface area contributed by atoms with Gasteiger partial charge in [-0.25, -0.2) is 0 Å². The first-order chi connectivity index (χ1) is 9.15. The van der Waals surface area contributed by atoms with Crippen LogP contribution in [0.1, 0.15) is 18.4 Å². The van der Waals surface area contributed by atoms with Gasteiger partial charge in [0, 0.05) is 6.61 Å². The average Bonchev–Trinajstić information content (AvgIpc) is 2.42. The summed E-state index contributed by atoms with van der Waals surface area (Å²) in [7, 11) is 0. The first-order valence-electron chi connectivity index (χ1n) is 6.57. The number of carbonyl (C=O) groups is 1. The highest BCUT2D eigenvalue weighted by Crippen LogP contribution is 2.11. The van der Waals surface area contributed by atoms with Gasteiger partial charge in [0.1, 0.15) is 5.75 Å². The van der Waals surface area contributed by atoms with Crippen LogP contribution >= 0.6 is 0 Å². The van der Waals surface area contributed by atoms with Gasteiger partial charge in [-0.1, -0.05) is 12.1 Å². The highest BCUT2D eigenvalue weighted by molar-refractivity contribution is 5.82. The second-order valence-electron chi connectivity index (χ2n) is 4.90. The number of hydrogen-bond acceptors (Lipinski definition) is 4. The molecule has 0 radical (unpaired) electrons. The van der Waals surface area contributed by atoms with Gasteiger partial charge in [-0.2, -0.15) is 0 Å². The second kappa shape index (κ2) is 6.54. The zero-order valence-corrected chi connectivity index (χ0v) is 10.8. The van der Waals surface area contributed by atoms with E-state index in [4.69, 9.17) is 10.5 Å². The molecule has 104 valence electrons. The molecule has 19 heavy (non-hydrogen) atoms. The first kappa shape index (κ1) is 13.8. The molecule has 1 amide bonds. The van der Waals surface area contributed by atoms with Crippen molar-refractivity contribution in [1.82, 2.24) is 5.32 Å². The summed E-state index contributed by atoms with van der Waals surface area (Å²) in [6.45, 7) is 1.34. The number of amides is 1. The molecule has 0 bridgehead atoms. The number of nitrogens with two attached hydrogens (primary N) is 1. The van der Waals surface area contributed by atoms with Crippen LogP contribution in [0.15, 0.2) is 24.3 Å². The highest BCUT2D eigenvalue weighted by atomic mass is 16.5. The van der Waals surface area contributed by atoms with Gasteiger partial charge < -0.3 is 20.9 Å². The maximum Gasteiger partial charge on any atom is 0.237 e. The molecule has 1 unspecified atom stereocenters. The van der Waals surface area contributed by atoms with Crippen molar-refractivity contribution in [3.63, 3.8) is 0 Å². The van der Waals surface area contributed by atoms with E-state index in [0.29, 0.717) is 13.0 Å². The minimum absolute atomic E-state index is 0.0760. The average molecular weight is 264 g/mol. The topological polar surface area (TPSA) is 84.6 Å². The Bertz CT molecular complexity index is 413. The van der Waals surface area contributed by atoms with Crippen LogP contribution in [0, 0.1) is 0 Å². The Hall–Kier alpha value is -1.59. The Balaban J connectivity index is 1.83. The zero-order chi connectivity index (χ0) is 13.7. The van der Waals surface area contributed by atoms with Crippen LogP contribution in [0.5, 0.6) is 5.75 Å². The van der Waals surface area contributed by atoms with Crippen molar-refractivity contribution < 1.29 is 14.6 Å². The van der Waals surface area contributed by atoms with Crippen molar-refractivity contribution in [2.75, 3.05) is 13.2 Å². The van der Waals surface area contributed by atoms with Crippen LogP contribution < -0.4 is 11.1 Å². The quantitative estimate of drug-likeness (QED) is 0.741. The third-order valence-electron chi connectivity index (χ3n) is 3.24. The minimum atomic E-state index is -0.577. The summed E-state index contributed by atoms with van der Waals surface area (Å²) in [6.07, 6.45) is 2.37. The lowest BCUT2D eigenvalue weighted by atomic mass is 10.0. The van der Waals surface area contributed by atoms with E-state index in [9.17, 15) is 9.90 Å². The number of phenols is 1. The molecule has 2 rings (SSSR count). The molecule has 0 spiro atoms. The van der Waals surface area contributed by atoms with E-state index >= 15 is 0 Å². The number of aromatic hydroxyl groups is 1. The summed E-state index contributed by atoms with van der Waals surface area (Å²) in [6, 6.07) is 6.22. The van der Waals surface area contributed by atoms with Crippen molar-refractivity contribution in [1.29, 1.82) is 0 Å². The van der Waals surface area contributed by atoms with Gasteiger partial charge in [0.05, 0.1) is 18.7 Å². The molecule has 1 fully saturated rings. The standard InChI is InChI=1S/C14H20N2O3/c15-13(8-10-3-5-12(17)6-4-10)14(18)16-11-2-1-7-19-9-11/h3-6,11,13,17H,1-2,7-9,15H2,(H,16,18)/t11?,13-/m0/s1. The summed E-state index contributed by atoms with van der Waals surface area (Å²) in [5.41, 5.74) is 6.82. The van der Waals surface area contributed by atoms with Gasteiger partial charge >= 0.3 is 0 Å². The van der Waals surface area contributed by atoms with Crippen molar-refractivity contribution in [3.05, 3.63) is 29.8 Å². The van der Waals surface area contributed by atoms with Crippen LogP contribution in [-0.4, -0.2) is 36.3 Å². The molecule has 1 aliphatic heterocycles. The van der Waals surface area contributed by atoms with E-state index < -0.39 is 6.04 Å². The molecule has 4 N–H and O–H groups in total. The molecule has 0 aromatic heterocycles. The number of phenolic OH excluding ortho intramolecular Hbond substituents is 1. The molecule has 5 heteroatoms. The molecule has 1 aromatic carbocycles. The van der Waals surface area contributed by atoms with Crippen LogP contribution in [0.3, 0.4) is 0 Å². The molecule has 0 aliphatic carbocycles. The van der Waals surface area contributed by atoms with E-state index in [0.717, 1.165) is 25.0 Å². The molecular formula is C14H20N2O3. The Kier molecular flexibility index (Phi) is 4.76. The van der Waals surface area contributed by atoms with Crippen molar-refractivity contribution >= 4 is 5.91 Å². The summed E-state index contributed by atoms with van der Waals surface area (Å²) in [5.74, 6) is 0.0599. The molecule has 1 heterocycles. The number of hydrogen-bond donors (Lipinski definition) is 3. The molecule has 5 nitrogen and oxygen atoms in total. The fourth-order valence-electron chi connectivity index (χ4n) is 2.14. The Morgan fingerprint density at radius 1 is 1.47 bits per heavy atom. The summed E-state index contributed by atoms with van der Waals surface area (Å²) in [5, 5.41) is 12.1. The van der Waals surface area contributed by atoms with E-state index in [-0.39, 0.29) is 17.7 Å². The Morgan fingerprint density at radius 2 is 2.21 bits per heavy atom. The van der Waals surface area contributed by atoms with E-state index in [1.165, 1.54) is 0 Å². The largest absolute Gasteiger partial charge is 0.508 e. The van der Waals surface area contributed by atoms with Gasteiger partial charge in [-0.15, -0.1) is 0 Å². The first-order valence-corrected chi connectivity index (χ1v) is 6.57. The highest BCUT2D eigenvalue weighted by Gasteiger charge is 2.20. The Morgan fingerprint density at radius 3 is 2.84 bits per heavy atom. The summed E-state index contributed by atoms with van der Waals surface area (Å²) < 4.78 is 5.31. The van der Waals surface area contributed by atoms with Crippen LogP contribution in [0.2, 0.25) is 0 Å². The number of benzene rings is 1. The molecule has 2 atom stereocenters. The molecular weight excluding hydrogens is 244 g/mol. The van der Waals surface area contributed by atoms with E-state index in [1.807, 2.05) is 0 Å². The fraction of sp³-hybridized carbons (Fsp3) is 0.500. The molecule has 1 saturated heterocycles. The third kappa shape index (κ3) is 4.22. The smallest absolute Gasteiger partial charge is 0.237 e. The van der Waals surface area contributed by atoms with Crippen molar-refractivity contribution in [2.24, 2.45) is 5.73 Å². The van der Waals surface area contributed by atoms with E-state index in [2.05, 4.69) is 5.32 Å². The predicted octanol–water partition coefficient (Wildman–Crippen LogP) is 0.557. The lowest BCUT2D eigenvalue weighted by Crippen LogP contribution is -2.48. The zero-order valence-electron chi connectivity index (χ0n) is 10.8. The van der Waals surface area contributed by atoms with Gasteiger partial charge in [0.2, 0.25) is 5.91 Å². The van der Waals surface area contributed by atoms with E-state index in [1.54, 1.807) is 24.3 Å². The van der Waals surface area contributed by atoms with Gasteiger partial charge in [0.25, 0.3) is 0 Å². The SMILES string of the molecule is N[C@@H](Cc1ccc(O)cc1)C(=O)NC1CCCOC1. The van der Waals surface area contributed by atoms with Crippen LogP contribution in [0.4, 0.5) is 0 Å². The maximum atomic E-state index is 11.9. The minimum Gasteiger partial charge on any atom is -0.508 e. The summed E-state index contributed by atoms with van der Waals surface area (Å²) >= 11 is 0. The number of nitrogens with one attached hydrogen (secondary N) is 1. The number of ether oxygens (including phenoxy) is 1. The molecule has 1 aromatic rings. The fourth-order valence-corrected chi connectivity index (χ4v) is 2.14. The number of carbonyl (C=O) groups excluding carboxylic acids is 1. The van der Waals surface area contributed by atoms with Gasteiger partial charge in [0.15, 0.2) is 0 Å². The summed E-state index contributed by atoms with van der Waals surface area (Å²) in [4.78, 5) is 11.9.